The summed E-state index contributed by atoms with van der Waals surface area (Å²) in [5.41, 5.74) is 5.30. The van der Waals surface area contributed by atoms with Crippen LogP contribution in [0.1, 0.15) is 6.42 Å². The van der Waals surface area contributed by atoms with E-state index in [0.717, 1.165) is 13.0 Å². The lowest BCUT2D eigenvalue weighted by Gasteiger charge is -2.01. The van der Waals surface area contributed by atoms with E-state index in [0.29, 0.717) is 6.61 Å². The highest BCUT2D eigenvalue weighted by atomic mass is 16.5. The molecule has 0 aromatic carbocycles. The molecule has 4 nitrogen and oxygen atoms in total. The molecule has 1 atom stereocenters. The first kappa shape index (κ1) is 6.35. The highest BCUT2D eigenvalue weighted by molar-refractivity contribution is 5.82. The quantitative estimate of drug-likeness (QED) is 0.223. The maximum Gasteiger partial charge on any atom is 0.144 e. The van der Waals surface area contributed by atoms with Crippen LogP contribution in [-0.4, -0.2) is 24.3 Å². The van der Waals surface area contributed by atoms with Crippen LogP contribution >= 0.6 is 0 Å². The predicted octanol–water partition coefficient (Wildman–Crippen LogP) is -0.231. The van der Waals surface area contributed by atoms with Gasteiger partial charge in [0.15, 0.2) is 0 Å². The number of nitrogens with zero attached hydrogens (tertiary/aromatic N) is 1. The summed E-state index contributed by atoms with van der Waals surface area (Å²) in [6.07, 6.45) is 0.871. The van der Waals surface area contributed by atoms with Gasteiger partial charge in [-0.3, -0.25) is 0 Å². The maximum atomic E-state index is 8.20. The molecule has 1 aliphatic heterocycles. The molecule has 0 amide bonds. The molecule has 1 fully saturated rings. The number of nitrogens with two attached hydrogens (primary N) is 1. The number of amidine groups is 1. The number of hydrogen-bond acceptors (Lipinski definition) is 3. The molecule has 0 bridgehead atoms. The first-order chi connectivity index (χ1) is 4.34. The molecule has 52 valence electrons. The third kappa shape index (κ3) is 1.32. The maximum absolute atomic E-state index is 8.20. The first-order valence-corrected chi connectivity index (χ1v) is 2.89. The van der Waals surface area contributed by atoms with Crippen LogP contribution in [0.2, 0.25) is 0 Å². The smallest absolute Gasteiger partial charge is 0.144 e. The Hall–Kier alpha value is -0.770. The van der Waals surface area contributed by atoms with E-state index < -0.39 is 0 Å². The Bertz CT molecular complexity index is 118. The van der Waals surface area contributed by atoms with Crippen molar-refractivity contribution in [2.75, 3.05) is 13.2 Å². The second kappa shape index (κ2) is 2.68. The van der Waals surface area contributed by atoms with Gasteiger partial charge < -0.3 is 15.7 Å². The van der Waals surface area contributed by atoms with Gasteiger partial charge in [0, 0.05) is 12.5 Å². The van der Waals surface area contributed by atoms with Gasteiger partial charge in [-0.2, -0.15) is 0 Å². The number of oxime groups is 1. The summed E-state index contributed by atoms with van der Waals surface area (Å²) in [7, 11) is 0. The van der Waals surface area contributed by atoms with Crippen molar-refractivity contribution in [1.29, 1.82) is 0 Å². The molecule has 0 aromatic rings. The fourth-order valence-corrected chi connectivity index (χ4v) is 0.849. The Morgan fingerprint density at radius 1 is 1.78 bits per heavy atom. The van der Waals surface area contributed by atoms with E-state index in [2.05, 4.69) is 5.16 Å². The molecule has 1 unspecified atom stereocenters. The Morgan fingerprint density at radius 2 is 2.56 bits per heavy atom. The summed E-state index contributed by atoms with van der Waals surface area (Å²) < 4.78 is 5.01. The van der Waals surface area contributed by atoms with Crippen molar-refractivity contribution in [2.24, 2.45) is 16.8 Å². The lowest BCUT2D eigenvalue weighted by atomic mass is 10.1. The van der Waals surface area contributed by atoms with Crippen LogP contribution in [0.15, 0.2) is 5.16 Å². The van der Waals surface area contributed by atoms with E-state index in [-0.39, 0.29) is 11.8 Å². The molecule has 9 heavy (non-hydrogen) atoms. The zero-order valence-electron chi connectivity index (χ0n) is 5.08. The molecular formula is C5H10N2O2. The molecule has 0 spiro atoms. The van der Waals surface area contributed by atoms with Crippen molar-refractivity contribution >= 4 is 5.84 Å². The van der Waals surface area contributed by atoms with E-state index >= 15 is 0 Å². The molecule has 0 saturated carbocycles. The van der Waals surface area contributed by atoms with Crippen molar-refractivity contribution in [3.05, 3.63) is 0 Å². The van der Waals surface area contributed by atoms with Crippen LogP contribution in [-0.2, 0) is 4.74 Å². The van der Waals surface area contributed by atoms with Crippen LogP contribution < -0.4 is 5.73 Å². The van der Waals surface area contributed by atoms with Gasteiger partial charge in [-0.15, -0.1) is 0 Å². The van der Waals surface area contributed by atoms with Gasteiger partial charge in [-0.05, 0) is 6.42 Å². The third-order valence-electron chi connectivity index (χ3n) is 1.46. The zero-order valence-corrected chi connectivity index (χ0v) is 5.08. The fraction of sp³-hybridized carbons (Fsp3) is 0.800. The molecule has 0 aliphatic carbocycles. The molecule has 3 N–H and O–H groups in total. The first-order valence-electron chi connectivity index (χ1n) is 2.89. The minimum absolute atomic E-state index is 0.134. The highest BCUT2D eigenvalue weighted by Gasteiger charge is 2.19. The Balaban J connectivity index is 2.42. The third-order valence-corrected chi connectivity index (χ3v) is 1.46. The van der Waals surface area contributed by atoms with E-state index in [4.69, 9.17) is 15.7 Å². The van der Waals surface area contributed by atoms with Gasteiger partial charge in [-0.1, -0.05) is 5.16 Å². The van der Waals surface area contributed by atoms with E-state index in [9.17, 15) is 0 Å². The van der Waals surface area contributed by atoms with Gasteiger partial charge in [0.05, 0.1) is 6.61 Å². The fourth-order valence-electron chi connectivity index (χ4n) is 0.849. The average molecular weight is 130 g/mol. The molecule has 1 saturated heterocycles. The molecule has 1 heterocycles. The largest absolute Gasteiger partial charge is 0.409 e. The summed E-state index contributed by atoms with van der Waals surface area (Å²) in [6.45, 7) is 1.32. The Morgan fingerprint density at radius 3 is 3.00 bits per heavy atom. The summed E-state index contributed by atoms with van der Waals surface area (Å²) in [5, 5.41) is 11.1. The van der Waals surface area contributed by atoms with Gasteiger partial charge in [0.2, 0.25) is 0 Å². The topological polar surface area (TPSA) is 67.8 Å². The summed E-state index contributed by atoms with van der Waals surface area (Å²) in [6, 6.07) is 0. The van der Waals surface area contributed by atoms with Crippen molar-refractivity contribution in [3.8, 4) is 0 Å². The van der Waals surface area contributed by atoms with Crippen molar-refractivity contribution < 1.29 is 9.94 Å². The average Bonchev–Trinajstić information content (AvgIpc) is 2.37. The highest BCUT2D eigenvalue weighted by Crippen LogP contribution is 2.11. The van der Waals surface area contributed by atoms with Crippen molar-refractivity contribution in [1.82, 2.24) is 0 Å². The predicted molar refractivity (Wildman–Crippen MR) is 32.3 cm³/mol. The molecule has 1 aliphatic rings. The molecule has 0 aromatic heterocycles. The second-order valence-electron chi connectivity index (χ2n) is 2.09. The van der Waals surface area contributed by atoms with Crippen LogP contribution in [0.25, 0.3) is 0 Å². The van der Waals surface area contributed by atoms with E-state index in [1.807, 2.05) is 0 Å². The van der Waals surface area contributed by atoms with Crippen molar-refractivity contribution in [3.63, 3.8) is 0 Å². The summed E-state index contributed by atoms with van der Waals surface area (Å²) in [4.78, 5) is 0. The molecule has 4 heteroatoms. The van der Waals surface area contributed by atoms with Crippen LogP contribution in [0.5, 0.6) is 0 Å². The summed E-state index contributed by atoms with van der Waals surface area (Å²) in [5.74, 6) is 0.419. The van der Waals surface area contributed by atoms with Crippen LogP contribution in [0.4, 0.5) is 0 Å². The van der Waals surface area contributed by atoms with Gasteiger partial charge in [0.1, 0.15) is 5.84 Å². The lowest BCUT2D eigenvalue weighted by Crippen LogP contribution is -2.23. The van der Waals surface area contributed by atoms with E-state index in [1.54, 1.807) is 0 Å². The van der Waals surface area contributed by atoms with Gasteiger partial charge >= 0.3 is 0 Å². The van der Waals surface area contributed by atoms with Crippen LogP contribution in [0, 0.1) is 5.92 Å². The minimum Gasteiger partial charge on any atom is -0.409 e. The molecule has 1 rings (SSSR count). The normalized spacial score (nSPS) is 28.9. The standard InChI is InChI=1S/C5H10N2O2/c6-5(7-8)4-1-2-9-3-4/h4,8H,1-3H2,(H2,6,7). The number of hydrogen-bond donors (Lipinski definition) is 2. The number of rotatable bonds is 1. The zero-order chi connectivity index (χ0) is 6.69. The number of ether oxygens (including phenoxy) is 1. The van der Waals surface area contributed by atoms with Gasteiger partial charge in [0.25, 0.3) is 0 Å². The minimum atomic E-state index is 0.134. The second-order valence-corrected chi connectivity index (χ2v) is 2.09. The summed E-state index contributed by atoms with van der Waals surface area (Å²) >= 11 is 0. The van der Waals surface area contributed by atoms with E-state index in [1.165, 1.54) is 0 Å². The Kier molecular flexibility index (Phi) is 1.89. The lowest BCUT2D eigenvalue weighted by molar-refractivity contribution is 0.192. The monoisotopic (exact) mass is 130 g/mol. The Labute approximate surface area is 53.3 Å². The van der Waals surface area contributed by atoms with Gasteiger partial charge in [-0.25, -0.2) is 0 Å². The molecule has 0 radical (unpaired) electrons. The van der Waals surface area contributed by atoms with Crippen LogP contribution in [0.3, 0.4) is 0 Å². The van der Waals surface area contributed by atoms with Crippen molar-refractivity contribution in [2.45, 2.75) is 6.42 Å². The molecular weight excluding hydrogens is 120 g/mol. The SMILES string of the molecule is NC(=NO)C1CCOC1.